The van der Waals surface area contributed by atoms with Crippen LogP contribution in [0.5, 0.6) is 0 Å². The highest BCUT2D eigenvalue weighted by molar-refractivity contribution is 5.93. The van der Waals surface area contributed by atoms with Gasteiger partial charge in [0.1, 0.15) is 0 Å². The van der Waals surface area contributed by atoms with E-state index >= 15 is 0 Å². The molecular weight excluding hydrogens is 344 g/mol. The van der Waals surface area contributed by atoms with Crippen molar-refractivity contribution in [2.24, 2.45) is 5.92 Å². The Balaban J connectivity index is 1.50. The lowest BCUT2D eigenvalue weighted by Gasteiger charge is -2.33. The smallest absolute Gasteiger partial charge is 0.338 e. The van der Waals surface area contributed by atoms with Crippen molar-refractivity contribution >= 4 is 18.0 Å². The van der Waals surface area contributed by atoms with Crippen LogP contribution < -0.4 is 0 Å². The SMILES string of the molecule is COC(=O)c1ccccc1/C=C/C1CCN(C(=O)CN2CCOCC2)CC1. The van der Waals surface area contributed by atoms with Gasteiger partial charge in [-0.05, 0) is 30.4 Å². The number of morpholine rings is 1. The molecular formula is C21H28N2O4. The minimum Gasteiger partial charge on any atom is -0.465 e. The highest BCUT2D eigenvalue weighted by atomic mass is 16.5. The Hall–Kier alpha value is -2.18. The molecule has 2 aliphatic heterocycles. The summed E-state index contributed by atoms with van der Waals surface area (Å²) < 4.78 is 10.2. The minimum atomic E-state index is -0.321. The fourth-order valence-electron chi connectivity index (χ4n) is 3.57. The van der Waals surface area contributed by atoms with Gasteiger partial charge >= 0.3 is 5.97 Å². The fraction of sp³-hybridized carbons (Fsp3) is 0.524. The zero-order valence-electron chi connectivity index (χ0n) is 15.9. The maximum absolute atomic E-state index is 12.5. The van der Waals surface area contributed by atoms with E-state index in [0.717, 1.165) is 44.6 Å². The molecule has 0 spiro atoms. The van der Waals surface area contributed by atoms with Gasteiger partial charge in [0.25, 0.3) is 0 Å². The lowest BCUT2D eigenvalue weighted by atomic mass is 9.95. The molecule has 2 aliphatic rings. The van der Waals surface area contributed by atoms with Crippen molar-refractivity contribution in [2.75, 3.05) is 53.0 Å². The molecule has 0 radical (unpaired) electrons. The van der Waals surface area contributed by atoms with Gasteiger partial charge in [-0.15, -0.1) is 0 Å². The first kappa shape index (κ1) is 19.6. The van der Waals surface area contributed by atoms with Crippen molar-refractivity contribution in [3.63, 3.8) is 0 Å². The van der Waals surface area contributed by atoms with Gasteiger partial charge in [0.15, 0.2) is 0 Å². The molecule has 6 heteroatoms. The van der Waals surface area contributed by atoms with Gasteiger partial charge in [0.2, 0.25) is 5.91 Å². The molecule has 146 valence electrons. The van der Waals surface area contributed by atoms with Crippen LogP contribution >= 0.6 is 0 Å². The quantitative estimate of drug-likeness (QED) is 0.741. The fourth-order valence-corrected chi connectivity index (χ4v) is 3.57. The lowest BCUT2D eigenvalue weighted by molar-refractivity contribution is -0.134. The second kappa shape index (κ2) is 9.67. The van der Waals surface area contributed by atoms with Crippen LogP contribution in [0.15, 0.2) is 30.3 Å². The van der Waals surface area contributed by atoms with Crippen LogP contribution in [0.3, 0.4) is 0 Å². The summed E-state index contributed by atoms with van der Waals surface area (Å²) in [7, 11) is 1.40. The summed E-state index contributed by atoms with van der Waals surface area (Å²) in [6, 6.07) is 7.45. The first-order valence-corrected chi connectivity index (χ1v) is 9.61. The van der Waals surface area contributed by atoms with Gasteiger partial charge in [-0.25, -0.2) is 4.79 Å². The average molecular weight is 372 g/mol. The Morgan fingerprint density at radius 3 is 2.56 bits per heavy atom. The number of hydrogen-bond acceptors (Lipinski definition) is 5. The van der Waals surface area contributed by atoms with E-state index in [-0.39, 0.29) is 11.9 Å². The number of likely N-dealkylation sites (tertiary alicyclic amines) is 1. The van der Waals surface area contributed by atoms with E-state index in [1.54, 1.807) is 6.07 Å². The summed E-state index contributed by atoms with van der Waals surface area (Å²) in [4.78, 5) is 28.5. The summed E-state index contributed by atoms with van der Waals surface area (Å²) in [5.41, 5.74) is 1.45. The highest BCUT2D eigenvalue weighted by Crippen LogP contribution is 2.21. The number of methoxy groups -OCH3 is 1. The molecule has 0 atom stereocenters. The van der Waals surface area contributed by atoms with E-state index in [4.69, 9.17) is 9.47 Å². The van der Waals surface area contributed by atoms with Gasteiger partial charge in [-0.3, -0.25) is 9.69 Å². The molecule has 6 nitrogen and oxygen atoms in total. The molecule has 27 heavy (non-hydrogen) atoms. The molecule has 3 rings (SSSR count). The third-order valence-corrected chi connectivity index (χ3v) is 5.27. The topological polar surface area (TPSA) is 59.1 Å². The first-order valence-electron chi connectivity index (χ1n) is 9.61. The normalized spacial score (nSPS) is 19.4. The van der Waals surface area contributed by atoms with Crippen LogP contribution in [0.2, 0.25) is 0 Å². The Labute approximate surface area is 160 Å². The van der Waals surface area contributed by atoms with Gasteiger partial charge in [-0.1, -0.05) is 30.4 Å². The lowest BCUT2D eigenvalue weighted by Crippen LogP contribution is -2.46. The summed E-state index contributed by atoms with van der Waals surface area (Å²) in [6.45, 7) is 5.18. The molecule has 2 saturated heterocycles. The van der Waals surface area contributed by atoms with Crippen LogP contribution in [0.1, 0.15) is 28.8 Å². The Kier molecular flexibility index (Phi) is 7.01. The molecule has 0 saturated carbocycles. The van der Waals surface area contributed by atoms with Crippen molar-refractivity contribution in [2.45, 2.75) is 12.8 Å². The summed E-state index contributed by atoms with van der Waals surface area (Å²) >= 11 is 0. The minimum absolute atomic E-state index is 0.218. The number of esters is 1. The molecule has 0 bridgehead atoms. The largest absolute Gasteiger partial charge is 0.465 e. The maximum atomic E-state index is 12.5. The van der Waals surface area contributed by atoms with E-state index in [2.05, 4.69) is 11.0 Å². The highest BCUT2D eigenvalue weighted by Gasteiger charge is 2.23. The standard InChI is InChI=1S/C21H28N2O4/c1-26-21(25)19-5-3-2-4-18(19)7-6-17-8-10-23(11-9-17)20(24)16-22-12-14-27-15-13-22/h2-7,17H,8-16H2,1H3/b7-6+. The van der Waals surface area contributed by atoms with E-state index in [1.807, 2.05) is 29.2 Å². The van der Waals surface area contributed by atoms with Crippen molar-refractivity contribution in [1.82, 2.24) is 9.80 Å². The van der Waals surface area contributed by atoms with Crippen molar-refractivity contribution in [3.05, 3.63) is 41.5 Å². The van der Waals surface area contributed by atoms with Crippen molar-refractivity contribution in [3.8, 4) is 0 Å². The van der Waals surface area contributed by atoms with E-state index in [1.165, 1.54) is 7.11 Å². The van der Waals surface area contributed by atoms with Gasteiger partial charge < -0.3 is 14.4 Å². The van der Waals surface area contributed by atoms with Crippen LogP contribution in [-0.2, 0) is 14.3 Å². The second-order valence-corrected chi connectivity index (χ2v) is 7.04. The van der Waals surface area contributed by atoms with Gasteiger partial charge in [0, 0.05) is 26.2 Å². The first-order chi connectivity index (χ1) is 13.2. The van der Waals surface area contributed by atoms with Crippen LogP contribution in [0, 0.1) is 5.92 Å². The number of piperidine rings is 1. The monoisotopic (exact) mass is 372 g/mol. The zero-order valence-corrected chi connectivity index (χ0v) is 15.9. The molecule has 0 aliphatic carbocycles. The molecule has 2 heterocycles. The molecule has 2 fully saturated rings. The summed E-state index contributed by atoms with van der Waals surface area (Å²) in [5, 5.41) is 0. The van der Waals surface area contributed by atoms with E-state index in [0.29, 0.717) is 31.2 Å². The van der Waals surface area contributed by atoms with Gasteiger partial charge in [0.05, 0.1) is 32.4 Å². The molecule has 1 amide bonds. The molecule has 1 aromatic carbocycles. The van der Waals surface area contributed by atoms with Crippen molar-refractivity contribution in [1.29, 1.82) is 0 Å². The Morgan fingerprint density at radius 2 is 1.85 bits per heavy atom. The predicted octanol–water partition coefficient (Wildman–Crippen LogP) is 2.06. The third-order valence-electron chi connectivity index (χ3n) is 5.27. The summed E-state index contributed by atoms with van der Waals surface area (Å²) in [5.74, 6) is 0.317. The number of ether oxygens (including phenoxy) is 2. The van der Waals surface area contributed by atoms with E-state index < -0.39 is 0 Å². The number of rotatable bonds is 5. The third kappa shape index (κ3) is 5.40. The average Bonchev–Trinajstić information content (AvgIpc) is 2.73. The van der Waals surface area contributed by atoms with Gasteiger partial charge in [-0.2, -0.15) is 0 Å². The number of hydrogen-bond donors (Lipinski definition) is 0. The summed E-state index contributed by atoms with van der Waals surface area (Å²) in [6.07, 6.45) is 6.06. The number of carbonyl (C=O) groups is 2. The van der Waals surface area contributed by atoms with E-state index in [9.17, 15) is 9.59 Å². The Morgan fingerprint density at radius 1 is 1.15 bits per heavy atom. The second-order valence-electron chi connectivity index (χ2n) is 7.04. The number of nitrogens with zero attached hydrogens (tertiary/aromatic N) is 2. The molecule has 0 N–H and O–H groups in total. The molecule has 0 unspecified atom stereocenters. The number of benzene rings is 1. The van der Waals surface area contributed by atoms with Crippen LogP contribution in [0.25, 0.3) is 6.08 Å². The predicted molar refractivity (Wildman–Crippen MR) is 103 cm³/mol. The number of carbonyl (C=O) groups excluding carboxylic acids is 2. The van der Waals surface area contributed by atoms with Crippen molar-refractivity contribution < 1.29 is 19.1 Å². The van der Waals surface area contributed by atoms with Crippen LogP contribution in [-0.4, -0.2) is 74.7 Å². The Bertz CT molecular complexity index is 675. The van der Waals surface area contributed by atoms with Crippen LogP contribution in [0.4, 0.5) is 0 Å². The zero-order chi connectivity index (χ0) is 19.1. The number of amides is 1. The molecule has 1 aromatic rings. The number of allylic oxidation sites excluding steroid dienone is 1. The molecule has 0 aromatic heterocycles. The maximum Gasteiger partial charge on any atom is 0.338 e.